The molecule has 302 valence electrons. The first-order valence-corrected chi connectivity index (χ1v) is 18.2. The van der Waals surface area contributed by atoms with Crippen LogP contribution in [0, 0.1) is 35.5 Å². The molecule has 0 atom stereocenters. The van der Waals surface area contributed by atoms with Crippen LogP contribution < -0.4 is 0 Å². The minimum absolute atomic E-state index is 0.213. The lowest BCUT2D eigenvalue weighted by atomic mass is 10.1. The van der Waals surface area contributed by atoms with E-state index in [9.17, 15) is 28.8 Å². The van der Waals surface area contributed by atoms with E-state index in [1.54, 1.807) is 66.5 Å². The number of furan rings is 1. The maximum absolute atomic E-state index is 10.1. The van der Waals surface area contributed by atoms with Gasteiger partial charge in [-0.1, -0.05) is 126 Å². The SMILES string of the molecule is CC(=O)C(C)C.CC(=O)C(C)C.CC(=O)C(C)C.CC(=O)C(C)C.CC(=O)C(C)C.CC(=O)C(C)C.c1ccccc1.c1ccncc1.c1ccoc1. The predicted molar refractivity (Wildman–Crippen MR) is 223 cm³/mol. The van der Waals surface area contributed by atoms with Gasteiger partial charge in [0.15, 0.2) is 0 Å². The summed E-state index contributed by atoms with van der Waals surface area (Å²) in [6, 6.07) is 21.4. The van der Waals surface area contributed by atoms with Crippen molar-refractivity contribution in [2.75, 3.05) is 0 Å². The molecule has 53 heavy (non-hydrogen) atoms. The van der Waals surface area contributed by atoms with Gasteiger partial charge in [-0.05, 0) is 65.8 Å². The summed E-state index contributed by atoms with van der Waals surface area (Å²) in [5, 5.41) is 0. The number of carbonyl (C=O) groups excluding carboxylic acids is 6. The van der Waals surface area contributed by atoms with Crippen LogP contribution in [0.1, 0.15) is 125 Å². The van der Waals surface area contributed by atoms with Gasteiger partial charge in [-0.25, -0.2) is 0 Å². The molecule has 0 saturated carbocycles. The van der Waals surface area contributed by atoms with Crippen LogP contribution in [0.3, 0.4) is 0 Å². The van der Waals surface area contributed by atoms with E-state index in [4.69, 9.17) is 0 Å². The number of aromatic nitrogens is 1. The molecule has 0 N–H and O–H groups in total. The summed E-state index contributed by atoms with van der Waals surface area (Å²) in [4.78, 5) is 64.6. The molecule has 0 amide bonds. The van der Waals surface area contributed by atoms with Gasteiger partial charge in [0.2, 0.25) is 0 Å². The molecule has 0 aliphatic rings. The summed E-state index contributed by atoms with van der Waals surface area (Å²) in [5.41, 5.74) is 0. The third-order valence-corrected chi connectivity index (χ3v) is 6.54. The molecule has 3 aromatic rings. The second-order valence-corrected chi connectivity index (χ2v) is 13.6. The molecule has 0 radical (unpaired) electrons. The van der Waals surface area contributed by atoms with Gasteiger partial charge in [0.1, 0.15) is 34.7 Å². The number of hydrogen-bond acceptors (Lipinski definition) is 8. The number of ketones is 6. The Bertz CT molecular complexity index is 989. The van der Waals surface area contributed by atoms with Crippen molar-refractivity contribution in [2.45, 2.75) is 125 Å². The zero-order chi connectivity index (χ0) is 42.9. The zero-order valence-electron chi connectivity index (χ0n) is 36.4. The van der Waals surface area contributed by atoms with Crippen LogP contribution in [-0.2, 0) is 28.8 Å². The Balaban J connectivity index is -0.000000117. The van der Waals surface area contributed by atoms with Gasteiger partial charge in [-0.2, -0.15) is 0 Å². The van der Waals surface area contributed by atoms with Crippen LogP contribution in [0.25, 0.3) is 0 Å². The van der Waals surface area contributed by atoms with Crippen molar-refractivity contribution < 1.29 is 33.2 Å². The van der Waals surface area contributed by atoms with Crippen LogP contribution in [0.4, 0.5) is 0 Å². The lowest BCUT2D eigenvalue weighted by molar-refractivity contribution is -0.120. The molecule has 2 heterocycles. The van der Waals surface area contributed by atoms with Gasteiger partial charge in [-0.3, -0.25) is 33.8 Å². The second-order valence-electron chi connectivity index (χ2n) is 13.6. The highest BCUT2D eigenvalue weighted by molar-refractivity contribution is 5.78. The van der Waals surface area contributed by atoms with Gasteiger partial charge >= 0.3 is 0 Å². The maximum Gasteiger partial charge on any atom is 0.132 e. The van der Waals surface area contributed by atoms with Crippen molar-refractivity contribution in [1.82, 2.24) is 4.98 Å². The summed E-state index contributed by atoms with van der Waals surface area (Å²) >= 11 is 0. The standard InChI is InChI=1S/C6H6.C5H5N.6C5H10O.C4H4O/c2*1-2-4-6-5-3-1;6*1-4(2)5(3)6;1-2-4-5-3-1/h1-6H;1-5H;6*4H,1-3H3;1-4H. The van der Waals surface area contributed by atoms with Crippen LogP contribution in [0.5, 0.6) is 0 Å². The normalized spacial score (nSPS) is 8.91. The quantitative estimate of drug-likeness (QED) is 0.244. The largest absolute Gasteiger partial charge is 0.473 e. The Hall–Kier alpha value is -4.33. The summed E-state index contributed by atoms with van der Waals surface area (Å²) in [6.45, 7) is 32.3. The Labute approximate surface area is 324 Å². The molecule has 0 spiro atoms. The fourth-order valence-electron chi connectivity index (χ4n) is 0.924. The second kappa shape index (κ2) is 43.8. The fraction of sp³-hybridized carbons (Fsp3) is 0.533. The number of Topliss-reactive ketones (excluding diaryl/α,β-unsaturated/α-hetero) is 6. The Kier molecular flexibility index (Phi) is 50.2. The lowest BCUT2D eigenvalue weighted by Gasteiger charge is -1.90. The van der Waals surface area contributed by atoms with Crippen LogP contribution in [0.2, 0.25) is 0 Å². The molecule has 0 aliphatic carbocycles. The summed E-state index contributed by atoms with van der Waals surface area (Å²) in [6.07, 6.45) is 6.75. The number of pyridine rings is 1. The average molecular weight is 742 g/mol. The first-order valence-electron chi connectivity index (χ1n) is 18.2. The molecule has 8 nitrogen and oxygen atoms in total. The van der Waals surface area contributed by atoms with E-state index in [2.05, 4.69) is 9.40 Å². The molecule has 3 rings (SSSR count). The summed E-state index contributed by atoms with van der Waals surface area (Å²) < 4.78 is 4.58. The van der Waals surface area contributed by atoms with Crippen molar-refractivity contribution in [3.05, 3.63) is 91.7 Å². The molecule has 2 aromatic heterocycles. The van der Waals surface area contributed by atoms with Gasteiger partial charge in [0.05, 0.1) is 12.5 Å². The average Bonchev–Trinajstić information content (AvgIpc) is 3.69. The number of nitrogens with zero attached hydrogens (tertiary/aromatic N) is 1. The summed E-state index contributed by atoms with van der Waals surface area (Å²) in [5.74, 6) is 2.83. The van der Waals surface area contributed by atoms with Crippen molar-refractivity contribution in [3.63, 3.8) is 0 Å². The van der Waals surface area contributed by atoms with Crippen molar-refractivity contribution in [2.24, 2.45) is 35.5 Å². The number of rotatable bonds is 6. The third-order valence-electron chi connectivity index (χ3n) is 6.54. The van der Waals surface area contributed by atoms with Crippen molar-refractivity contribution in [1.29, 1.82) is 0 Å². The highest BCUT2D eigenvalue weighted by Crippen LogP contribution is 1.92. The van der Waals surface area contributed by atoms with Gasteiger partial charge in [0.25, 0.3) is 0 Å². The number of hydrogen-bond donors (Lipinski definition) is 0. The number of benzene rings is 1. The van der Waals surface area contributed by atoms with E-state index in [-0.39, 0.29) is 70.2 Å². The molecule has 0 fully saturated rings. The van der Waals surface area contributed by atoms with E-state index in [1.807, 2.05) is 150 Å². The van der Waals surface area contributed by atoms with Crippen LogP contribution in [0.15, 0.2) is 96.1 Å². The predicted octanol–water partition coefficient (Wildman–Crippen LogP) is 11.4. The monoisotopic (exact) mass is 742 g/mol. The lowest BCUT2D eigenvalue weighted by Crippen LogP contribution is -1.98. The molecule has 0 saturated heterocycles. The van der Waals surface area contributed by atoms with Crippen molar-refractivity contribution >= 4 is 34.7 Å². The fourth-order valence-corrected chi connectivity index (χ4v) is 0.924. The van der Waals surface area contributed by atoms with Gasteiger partial charge in [-0.15, -0.1) is 0 Å². The van der Waals surface area contributed by atoms with Gasteiger partial charge < -0.3 is 4.42 Å². The summed E-state index contributed by atoms with van der Waals surface area (Å²) in [7, 11) is 0. The zero-order valence-corrected chi connectivity index (χ0v) is 36.4. The van der Waals surface area contributed by atoms with Gasteiger partial charge in [0, 0.05) is 47.9 Å². The molecule has 0 aliphatic heterocycles. The topological polar surface area (TPSA) is 128 Å². The Morgan fingerprint density at radius 1 is 0.321 bits per heavy atom. The molecule has 8 heteroatoms. The van der Waals surface area contributed by atoms with E-state index in [0.29, 0.717) is 0 Å². The minimum Gasteiger partial charge on any atom is -0.473 e. The first kappa shape index (κ1) is 60.7. The van der Waals surface area contributed by atoms with E-state index >= 15 is 0 Å². The van der Waals surface area contributed by atoms with Crippen LogP contribution in [-0.4, -0.2) is 39.7 Å². The smallest absolute Gasteiger partial charge is 0.132 e. The molecule has 0 bridgehead atoms. The highest BCUT2D eigenvalue weighted by atomic mass is 16.3. The first-order chi connectivity index (χ1) is 24.4. The Morgan fingerprint density at radius 2 is 0.472 bits per heavy atom. The van der Waals surface area contributed by atoms with Crippen molar-refractivity contribution in [3.8, 4) is 0 Å². The van der Waals surface area contributed by atoms with E-state index in [0.717, 1.165) is 0 Å². The third kappa shape index (κ3) is 73.9. The minimum atomic E-state index is 0.213. The maximum atomic E-state index is 10.1. The Morgan fingerprint density at radius 3 is 0.528 bits per heavy atom. The van der Waals surface area contributed by atoms with E-state index in [1.165, 1.54) is 0 Å². The van der Waals surface area contributed by atoms with E-state index < -0.39 is 0 Å². The molecular weight excluding hydrogens is 666 g/mol. The number of carbonyl (C=O) groups is 6. The highest BCUT2D eigenvalue weighted by Gasteiger charge is 1.97. The molecule has 0 unspecified atom stereocenters. The van der Waals surface area contributed by atoms with Crippen LogP contribution >= 0.6 is 0 Å². The molecular formula is C45H75NO7. The molecule has 1 aromatic carbocycles.